The molecule has 1 aromatic rings. The average Bonchev–Trinajstić information content (AvgIpc) is 2.41. The van der Waals surface area contributed by atoms with Crippen molar-refractivity contribution >= 4 is 11.7 Å². The first-order valence-corrected chi connectivity index (χ1v) is 7.10. The predicted octanol–water partition coefficient (Wildman–Crippen LogP) is 2.98. The average molecular weight is 279 g/mol. The highest BCUT2D eigenvalue weighted by atomic mass is 16.6. The summed E-state index contributed by atoms with van der Waals surface area (Å²) in [5.74, 6) is 0.0679. The Bertz CT molecular complexity index is 418. The van der Waals surface area contributed by atoms with E-state index in [0.717, 1.165) is 12.0 Å². The lowest BCUT2D eigenvalue weighted by molar-refractivity contribution is -0.146. The largest absolute Gasteiger partial charge is 0.463 e. The van der Waals surface area contributed by atoms with Gasteiger partial charge in [0.2, 0.25) is 0 Å². The molecule has 0 aromatic heterocycles. The lowest BCUT2D eigenvalue weighted by atomic mass is 10.0. The second kappa shape index (κ2) is 8.59. The van der Waals surface area contributed by atoms with E-state index in [9.17, 15) is 4.79 Å². The van der Waals surface area contributed by atoms with Crippen molar-refractivity contribution in [3.63, 3.8) is 0 Å². The summed E-state index contributed by atoms with van der Waals surface area (Å²) in [5.41, 5.74) is 7.23. The number of carbonyl (C=O) groups is 1. The molecule has 1 aromatic carbocycles. The van der Waals surface area contributed by atoms with Crippen molar-refractivity contribution in [3.05, 3.63) is 29.8 Å². The number of carbonyl (C=O) groups excluding carboxylic acids is 1. The second-order valence-corrected chi connectivity index (χ2v) is 5.35. The summed E-state index contributed by atoms with van der Waals surface area (Å²) in [6, 6.07) is 7.31. The van der Waals surface area contributed by atoms with Crippen molar-refractivity contribution in [3.8, 4) is 0 Å². The van der Waals surface area contributed by atoms with Gasteiger partial charge in [0.1, 0.15) is 6.61 Å². The second-order valence-electron chi connectivity index (χ2n) is 5.35. The molecule has 0 saturated heterocycles. The van der Waals surface area contributed by atoms with Crippen molar-refractivity contribution in [2.24, 2.45) is 5.92 Å². The molecule has 0 aliphatic rings. The standard InChI is InChI=1S/C16H25NO3/c1-12(2)7-8-19-9-10-20-16(18)13(3)14-5-4-6-15(17)11-14/h4-6,11-13H,7-10,17H2,1-3H3. The molecule has 0 aliphatic carbocycles. The zero-order chi connectivity index (χ0) is 15.0. The number of esters is 1. The Labute approximate surface area is 121 Å². The summed E-state index contributed by atoms with van der Waals surface area (Å²) in [7, 11) is 0. The fraction of sp³-hybridized carbons (Fsp3) is 0.562. The predicted molar refractivity (Wildman–Crippen MR) is 80.5 cm³/mol. The molecule has 20 heavy (non-hydrogen) atoms. The lowest BCUT2D eigenvalue weighted by Gasteiger charge is -2.12. The molecule has 0 heterocycles. The van der Waals surface area contributed by atoms with Gasteiger partial charge in [-0.2, -0.15) is 0 Å². The molecular weight excluding hydrogens is 254 g/mol. The van der Waals surface area contributed by atoms with E-state index >= 15 is 0 Å². The summed E-state index contributed by atoms with van der Waals surface area (Å²) in [4.78, 5) is 11.9. The highest BCUT2D eigenvalue weighted by Gasteiger charge is 2.16. The summed E-state index contributed by atoms with van der Waals surface area (Å²) in [6.45, 7) is 7.57. The third kappa shape index (κ3) is 6.06. The van der Waals surface area contributed by atoms with Crippen LogP contribution in [0.4, 0.5) is 5.69 Å². The van der Waals surface area contributed by atoms with Crippen LogP contribution in [-0.4, -0.2) is 25.8 Å². The molecule has 112 valence electrons. The molecule has 0 spiro atoms. The van der Waals surface area contributed by atoms with Gasteiger partial charge in [0.05, 0.1) is 12.5 Å². The quantitative estimate of drug-likeness (QED) is 0.451. The van der Waals surface area contributed by atoms with Crippen LogP contribution in [0, 0.1) is 5.92 Å². The van der Waals surface area contributed by atoms with Crippen LogP contribution in [0.2, 0.25) is 0 Å². The molecule has 0 amide bonds. The van der Waals surface area contributed by atoms with Crippen LogP contribution >= 0.6 is 0 Å². The van der Waals surface area contributed by atoms with Gasteiger partial charge in [0.25, 0.3) is 0 Å². The highest BCUT2D eigenvalue weighted by molar-refractivity contribution is 5.78. The minimum Gasteiger partial charge on any atom is -0.463 e. The van der Waals surface area contributed by atoms with Gasteiger partial charge >= 0.3 is 5.97 Å². The number of ether oxygens (including phenoxy) is 2. The molecule has 4 heteroatoms. The Kier molecular flexibility index (Phi) is 7.09. The molecule has 4 nitrogen and oxygen atoms in total. The maximum Gasteiger partial charge on any atom is 0.313 e. The number of rotatable bonds is 8. The monoisotopic (exact) mass is 279 g/mol. The minimum atomic E-state index is -0.311. The van der Waals surface area contributed by atoms with Crippen LogP contribution in [-0.2, 0) is 14.3 Å². The maximum absolute atomic E-state index is 11.9. The molecule has 0 aliphatic heterocycles. The third-order valence-electron chi connectivity index (χ3n) is 3.08. The van der Waals surface area contributed by atoms with E-state index in [1.165, 1.54) is 0 Å². The van der Waals surface area contributed by atoms with Crippen LogP contribution in [0.1, 0.15) is 38.7 Å². The molecule has 1 rings (SSSR count). The molecule has 0 bridgehead atoms. The molecule has 0 radical (unpaired) electrons. The number of benzene rings is 1. The fourth-order valence-electron chi connectivity index (χ4n) is 1.71. The van der Waals surface area contributed by atoms with Gasteiger partial charge in [0, 0.05) is 12.3 Å². The van der Waals surface area contributed by atoms with Gasteiger partial charge in [0.15, 0.2) is 0 Å². The van der Waals surface area contributed by atoms with Gasteiger partial charge in [-0.05, 0) is 37.0 Å². The first-order chi connectivity index (χ1) is 9.50. The SMILES string of the molecule is CC(C)CCOCCOC(=O)C(C)c1cccc(N)c1. The zero-order valence-electron chi connectivity index (χ0n) is 12.6. The van der Waals surface area contributed by atoms with E-state index in [2.05, 4.69) is 13.8 Å². The summed E-state index contributed by atoms with van der Waals surface area (Å²) < 4.78 is 10.6. The van der Waals surface area contributed by atoms with Crippen molar-refractivity contribution in [2.45, 2.75) is 33.1 Å². The maximum atomic E-state index is 11.9. The first-order valence-electron chi connectivity index (χ1n) is 7.10. The molecule has 2 N–H and O–H groups in total. The van der Waals surface area contributed by atoms with E-state index in [1.807, 2.05) is 19.1 Å². The van der Waals surface area contributed by atoms with E-state index in [-0.39, 0.29) is 11.9 Å². The Morgan fingerprint density at radius 2 is 1.95 bits per heavy atom. The van der Waals surface area contributed by atoms with Crippen molar-refractivity contribution in [1.82, 2.24) is 0 Å². The summed E-state index contributed by atoms with van der Waals surface area (Å²) >= 11 is 0. The van der Waals surface area contributed by atoms with E-state index in [0.29, 0.717) is 31.4 Å². The molecule has 1 unspecified atom stereocenters. The van der Waals surface area contributed by atoms with Crippen LogP contribution < -0.4 is 5.73 Å². The Morgan fingerprint density at radius 3 is 2.60 bits per heavy atom. The Balaban J connectivity index is 2.25. The van der Waals surface area contributed by atoms with Crippen LogP contribution in [0.25, 0.3) is 0 Å². The molecule has 1 atom stereocenters. The van der Waals surface area contributed by atoms with Crippen LogP contribution in [0.3, 0.4) is 0 Å². The summed E-state index contributed by atoms with van der Waals surface area (Å²) in [5, 5.41) is 0. The summed E-state index contributed by atoms with van der Waals surface area (Å²) in [6.07, 6.45) is 1.02. The Morgan fingerprint density at radius 1 is 1.20 bits per heavy atom. The fourth-order valence-corrected chi connectivity index (χ4v) is 1.71. The molecular formula is C16H25NO3. The van der Waals surface area contributed by atoms with E-state index < -0.39 is 0 Å². The normalized spacial score (nSPS) is 12.4. The highest BCUT2D eigenvalue weighted by Crippen LogP contribution is 2.18. The Hall–Kier alpha value is -1.55. The van der Waals surface area contributed by atoms with Gasteiger partial charge < -0.3 is 15.2 Å². The third-order valence-corrected chi connectivity index (χ3v) is 3.08. The number of nitrogen functional groups attached to an aromatic ring is 1. The van der Waals surface area contributed by atoms with Crippen molar-refractivity contribution in [1.29, 1.82) is 0 Å². The van der Waals surface area contributed by atoms with Crippen molar-refractivity contribution < 1.29 is 14.3 Å². The number of nitrogens with two attached hydrogens (primary N) is 1. The van der Waals surface area contributed by atoms with Gasteiger partial charge in [-0.3, -0.25) is 4.79 Å². The van der Waals surface area contributed by atoms with E-state index in [4.69, 9.17) is 15.2 Å². The van der Waals surface area contributed by atoms with Gasteiger partial charge in [-0.15, -0.1) is 0 Å². The smallest absolute Gasteiger partial charge is 0.313 e. The van der Waals surface area contributed by atoms with E-state index in [1.54, 1.807) is 12.1 Å². The zero-order valence-corrected chi connectivity index (χ0v) is 12.6. The first kappa shape index (κ1) is 16.5. The van der Waals surface area contributed by atoms with Crippen LogP contribution in [0.5, 0.6) is 0 Å². The minimum absolute atomic E-state index is 0.247. The molecule has 0 fully saturated rings. The van der Waals surface area contributed by atoms with Crippen molar-refractivity contribution in [2.75, 3.05) is 25.6 Å². The topological polar surface area (TPSA) is 61.5 Å². The number of hydrogen-bond acceptors (Lipinski definition) is 4. The number of hydrogen-bond donors (Lipinski definition) is 1. The molecule has 0 saturated carbocycles. The lowest BCUT2D eigenvalue weighted by Crippen LogP contribution is -2.16. The van der Waals surface area contributed by atoms with Gasteiger partial charge in [-0.1, -0.05) is 26.0 Å². The van der Waals surface area contributed by atoms with Crippen LogP contribution in [0.15, 0.2) is 24.3 Å². The van der Waals surface area contributed by atoms with Gasteiger partial charge in [-0.25, -0.2) is 0 Å². The number of anilines is 1.